The lowest BCUT2D eigenvalue weighted by Crippen LogP contribution is -2.60. The number of ketones is 1. The van der Waals surface area contributed by atoms with Crippen molar-refractivity contribution in [3.8, 4) is 0 Å². The third kappa shape index (κ3) is 7.04. The summed E-state index contributed by atoms with van der Waals surface area (Å²) in [5.74, 6) is -4.03. The van der Waals surface area contributed by atoms with Gasteiger partial charge in [0.05, 0.1) is 18.8 Å². The number of hydrogen-bond acceptors (Lipinski definition) is 7. The molecular formula is C27H47NO7. The van der Waals surface area contributed by atoms with Gasteiger partial charge in [0.1, 0.15) is 6.04 Å². The smallest absolute Gasteiger partial charge is 0.328 e. The van der Waals surface area contributed by atoms with Crippen LogP contribution in [0.1, 0.15) is 92.9 Å². The first-order valence-corrected chi connectivity index (χ1v) is 13.1. The molecular weight excluding hydrogens is 450 g/mol. The van der Waals surface area contributed by atoms with Gasteiger partial charge in [0.25, 0.3) is 11.7 Å². The van der Waals surface area contributed by atoms with Crippen LogP contribution in [-0.4, -0.2) is 70.0 Å². The van der Waals surface area contributed by atoms with Crippen LogP contribution in [0.3, 0.4) is 0 Å². The largest absolute Gasteiger partial charge is 0.464 e. The molecule has 35 heavy (non-hydrogen) atoms. The lowest BCUT2D eigenvalue weighted by Gasteiger charge is -2.41. The first kappa shape index (κ1) is 29.7. The van der Waals surface area contributed by atoms with Crippen LogP contribution in [-0.2, 0) is 23.9 Å². The molecule has 2 heterocycles. The van der Waals surface area contributed by atoms with E-state index in [2.05, 4.69) is 13.8 Å². The van der Waals surface area contributed by atoms with Crippen molar-refractivity contribution < 1.29 is 34.1 Å². The standard InChI is InChI=1S/C26H43NO7.CH4/c1-16(13-20-10-11-22(28)17(2)14-20)15-33-25(31)21-7-5-6-12-27(21)24(30)23(29)26(32)18(3)8-9-19(4)34-26;/h16-22,28,32H,5-15H2,1-4H3;1H4/t16-,17-,18-,19-,20+,21+,22-,26-;/m1./s1. The van der Waals surface area contributed by atoms with E-state index >= 15 is 0 Å². The minimum Gasteiger partial charge on any atom is -0.464 e. The molecule has 0 bridgehead atoms. The Morgan fingerprint density at radius 2 is 1.80 bits per heavy atom. The number of carbonyl (C=O) groups is 3. The predicted octanol–water partition coefficient (Wildman–Crippen LogP) is 3.46. The highest BCUT2D eigenvalue weighted by Gasteiger charge is 2.52. The molecule has 2 saturated heterocycles. The fraction of sp³-hybridized carbons (Fsp3) is 0.889. The van der Waals surface area contributed by atoms with E-state index in [1.807, 2.05) is 0 Å². The fourth-order valence-corrected chi connectivity index (χ4v) is 5.81. The van der Waals surface area contributed by atoms with Crippen molar-refractivity contribution in [3.05, 3.63) is 0 Å². The molecule has 1 aliphatic carbocycles. The van der Waals surface area contributed by atoms with Crippen molar-refractivity contribution in [2.45, 2.75) is 117 Å². The molecule has 3 rings (SSSR count). The molecule has 2 aliphatic heterocycles. The second-order valence-corrected chi connectivity index (χ2v) is 11.1. The van der Waals surface area contributed by atoms with Gasteiger partial charge in [-0.1, -0.05) is 28.2 Å². The average molecular weight is 498 g/mol. The Bertz CT molecular complexity index is 743. The number of carbonyl (C=O) groups excluding carboxylic acids is 3. The summed E-state index contributed by atoms with van der Waals surface area (Å²) in [5, 5.41) is 20.9. The van der Waals surface area contributed by atoms with Crippen LogP contribution >= 0.6 is 0 Å². The molecule has 0 radical (unpaired) electrons. The maximum Gasteiger partial charge on any atom is 0.328 e. The molecule has 3 aliphatic rings. The summed E-state index contributed by atoms with van der Waals surface area (Å²) in [4.78, 5) is 40.4. The summed E-state index contributed by atoms with van der Waals surface area (Å²) in [5.41, 5.74) is 0. The molecule has 8 atom stereocenters. The van der Waals surface area contributed by atoms with Gasteiger partial charge in [-0.3, -0.25) is 9.59 Å². The van der Waals surface area contributed by atoms with Crippen LogP contribution < -0.4 is 0 Å². The maximum absolute atomic E-state index is 13.1. The Labute approximate surface area is 210 Å². The minimum absolute atomic E-state index is 0. The summed E-state index contributed by atoms with van der Waals surface area (Å²) in [6, 6.07) is -0.817. The van der Waals surface area contributed by atoms with Crippen molar-refractivity contribution in [2.75, 3.05) is 13.2 Å². The van der Waals surface area contributed by atoms with Gasteiger partial charge in [0.2, 0.25) is 5.79 Å². The van der Waals surface area contributed by atoms with Gasteiger partial charge >= 0.3 is 5.97 Å². The van der Waals surface area contributed by atoms with E-state index < -0.39 is 35.4 Å². The lowest BCUT2D eigenvalue weighted by atomic mass is 9.77. The molecule has 8 nitrogen and oxygen atoms in total. The van der Waals surface area contributed by atoms with E-state index in [-0.39, 0.29) is 38.7 Å². The number of hydrogen-bond donors (Lipinski definition) is 2. The fourth-order valence-electron chi connectivity index (χ4n) is 5.81. The molecule has 1 saturated carbocycles. The molecule has 202 valence electrons. The van der Waals surface area contributed by atoms with Crippen LogP contribution in [0, 0.1) is 23.7 Å². The van der Waals surface area contributed by atoms with Crippen LogP contribution in [0.25, 0.3) is 0 Å². The van der Waals surface area contributed by atoms with Gasteiger partial charge < -0.3 is 24.6 Å². The molecule has 0 unspecified atom stereocenters. The molecule has 3 fully saturated rings. The summed E-state index contributed by atoms with van der Waals surface area (Å²) in [7, 11) is 0. The second-order valence-electron chi connectivity index (χ2n) is 11.1. The van der Waals surface area contributed by atoms with Gasteiger partial charge in [-0.15, -0.1) is 0 Å². The van der Waals surface area contributed by atoms with E-state index in [1.165, 1.54) is 4.90 Å². The topological polar surface area (TPSA) is 113 Å². The average Bonchev–Trinajstić information content (AvgIpc) is 2.81. The highest BCUT2D eigenvalue weighted by molar-refractivity contribution is 6.39. The van der Waals surface area contributed by atoms with Crippen molar-refractivity contribution in [2.24, 2.45) is 23.7 Å². The number of ether oxygens (including phenoxy) is 2. The Hall–Kier alpha value is -1.51. The van der Waals surface area contributed by atoms with E-state index in [9.17, 15) is 24.6 Å². The van der Waals surface area contributed by atoms with E-state index in [4.69, 9.17) is 9.47 Å². The van der Waals surface area contributed by atoms with Gasteiger partial charge in [-0.2, -0.15) is 0 Å². The molecule has 0 aromatic heterocycles. The zero-order valence-electron chi connectivity index (χ0n) is 21.2. The molecule has 1 amide bonds. The number of rotatable bonds is 7. The summed E-state index contributed by atoms with van der Waals surface area (Å²) in [6.45, 7) is 8.15. The summed E-state index contributed by atoms with van der Waals surface area (Å²) in [6.07, 6.45) is 6.36. The van der Waals surface area contributed by atoms with E-state index in [1.54, 1.807) is 13.8 Å². The van der Waals surface area contributed by atoms with Gasteiger partial charge in [-0.05, 0) is 82.5 Å². The third-order valence-electron chi connectivity index (χ3n) is 8.09. The van der Waals surface area contributed by atoms with Crippen molar-refractivity contribution >= 4 is 17.7 Å². The first-order chi connectivity index (χ1) is 16.0. The summed E-state index contributed by atoms with van der Waals surface area (Å²) < 4.78 is 11.2. The maximum atomic E-state index is 13.1. The van der Waals surface area contributed by atoms with Crippen molar-refractivity contribution in [1.29, 1.82) is 0 Å². The zero-order valence-corrected chi connectivity index (χ0v) is 21.2. The number of piperidine rings is 1. The van der Waals surface area contributed by atoms with Gasteiger partial charge in [-0.25, -0.2) is 4.79 Å². The van der Waals surface area contributed by atoms with Gasteiger partial charge in [0.15, 0.2) is 0 Å². The van der Waals surface area contributed by atoms with Crippen LogP contribution in [0.4, 0.5) is 0 Å². The van der Waals surface area contributed by atoms with E-state index in [0.29, 0.717) is 37.5 Å². The number of aliphatic hydroxyl groups is 2. The highest BCUT2D eigenvalue weighted by Crippen LogP contribution is 2.35. The lowest BCUT2D eigenvalue weighted by molar-refractivity contribution is -0.259. The minimum atomic E-state index is -2.15. The number of Topliss-reactive ketones (excluding diaryl/α,β-unsaturated/α-hetero) is 1. The Morgan fingerprint density at radius 1 is 1.09 bits per heavy atom. The third-order valence-corrected chi connectivity index (χ3v) is 8.09. The molecule has 2 N–H and O–H groups in total. The summed E-state index contributed by atoms with van der Waals surface area (Å²) >= 11 is 0. The molecule has 0 aromatic rings. The first-order valence-electron chi connectivity index (χ1n) is 13.1. The molecule has 8 heteroatoms. The zero-order chi connectivity index (χ0) is 25.0. The van der Waals surface area contributed by atoms with E-state index in [0.717, 1.165) is 32.1 Å². The van der Waals surface area contributed by atoms with Crippen LogP contribution in [0.2, 0.25) is 0 Å². The number of esters is 1. The number of likely N-dealkylation sites (tertiary alicyclic amines) is 1. The highest BCUT2D eigenvalue weighted by atomic mass is 16.6. The van der Waals surface area contributed by atoms with Crippen LogP contribution in [0.5, 0.6) is 0 Å². The number of amides is 1. The van der Waals surface area contributed by atoms with Crippen LogP contribution in [0.15, 0.2) is 0 Å². The Morgan fingerprint density at radius 3 is 2.49 bits per heavy atom. The van der Waals surface area contributed by atoms with Crippen molar-refractivity contribution in [1.82, 2.24) is 4.90 Å². The quantitative estimate of drug-likeness (QED) is 0.409. The normalized spacial score (nSPS) is 36.6. The van der Waals surface area contributed by atoms with Crippen molar-refractivity contribution in [3.63, 3.8) is 0 Å². The Kier molecular flexibility index (Phi) is 10.7. The Balaban J connectivity index is 0.00000432. The number of aliphatic hydroxyl groups excluding tert-OH is 1. The predicted molar refractivity (Wildman–Crippen MR) is 132 cm³/mol. The molecule has 0 aromatic carbocycles. The monoisotopic (exact) mass is 497 g/mol. The van der Waals surface area contributed by atoms with Gasteiger partial charge in [0, 0.05) is 12.5 Å². The number of nitrogens with zero attached hydrogens (tertiary/aromatic N) is 1. The SMILES string of the molecule is C.C[C@@H](COC(=O)[C@@H]1CCCCN1C(=O)C(=O)[C@]1(O)O[C@H](C)CC[C@H]1C)C[C@@H]1CC[C@@H](O)[C@H](C)C1. The second kappa shape index (κ2) is 12.6. The molecule has 0 spiro atoms.